The maximum absolute atomic E-state index is 12.8. The van der Waals surface area contributed by atoms with Crippen LogP contribution in [0.25, 0.3) is 0 Å². The summed E-state index contributed by atoms with van der Waals surface area (Å²) in [6, 6.07) is 0. The minimum atomic E-state index is -0.778. The number of unbranched alkanes of at least 4 members (excludes halogenated alkanes) is 26. The second kappa shape index (κ2) is 50.8. The first-order valence-electron chi connectivity index (χ1n) is 26.3. The molecule has 0 aliphatic heterocycles. The van der Waals surface area contributed by atoms with Crippen molar-refractivity contribution in [3.63, 3.8) is 0 Å². The number of esters is 3. The predicted octanol–water partition coefficient (Wildman–Crippen LogP) is 17.3. The van der Waals surface area contributed by atoms with Gasteiger partial charge in [-0.3, -0.25) is 14.4 Å². The van der Waals surface area contributed by atoms with Crippen LogP contribution in [0, 0.1) is 0 Å². The minimum Gasteiger partial charge on any atom is -0.462 e. The zero-order valence-corrected chi connectivity index (χ0v) is 40.9. The fraction of sp³-hybridized carbons (Fsp3) is 0.768. The van der Waals surface area contributed by atoms with Crippen molar-refractivity contribution >= 4 is 17.9 Å². The smallest absolute Gasteiger partial charge is 0.306 e. The average molecular weight is 867 g/mol. The summed E-state index contributed by atoms with van der Waals surface area (Å²) in [5, 5.41) is 0. The fourth-order valence-electron chi connectivity index (χ4n) is 7.24. The van der Waals surface area contributed by atoms with E-state index in [9.17, 15) is 14.4 Å². The van der Waals surface area contributed by atoms with Crippen LogP contribution in [0.2, 0.25) is 0 Å². The van der Waals surface area contributed by atoms with Gasteiger partial charge in [0.2, 0.25) is 0 Å². The Bertz CT molecular complexity index is 1130. The van der Waals surface area contributed by atoms with Crippen molar-refractivity contribution in [2.75, 3.05) is 13.2 Å². The van der Waals surface area contributed by atoms with E-state index < -0.39 is 6.10 Å². The molecule has 0 aromatic rings. The summed E-state index contributed by atoms with van der Waals surface area (Å²) >= 11 is 0. The van der Waals surface area contributed by atoms with Crippen LogP contribution >= 0.6 is 0 Å². The van der Waals surface area contributed by atoms with Gasteiger partial charge in [-0.1, -0.05) is 210 Å². The van der Waals surface area contributed by atoms with E-state index >= 15 is 0 Å². The van der Waals surface area contributed by atoms with Crippen molar-refractivity contribution in [1.29, 1.82) is 0 Å². The number of rotatable bonds is 47. The zero-order chi connectivity index (χ0) is 45.1. The maximum atomic E-state index is 12.8. The normalized spacial score (nSPS) is 12.5. The molecule has 0 radical (unpaired) electrons. The van der Waals surface area contributed by atoms with Crippen molar-refractivity contribution in [3.05, 3.63) is 60.8 Å². The lowest BCUT2D eigenvalue weighted by molar-refractivity contribution is -0.167. The van der Waals surface area contributed by atoms with E-state index in [2.05, 4.69) is 81.5 Å². The molecule has 358 valence electrons. The topological polar surface area (TPSA) is 78.9 Å². The van der Waals surface area contributed by atoms with E-state index in [4.69, 9.17) is 14.2 Å². The van der Waals surface area contributed by atoms with Crippen molar-refractivity contribution < 1.29 is 28.6 Å². The first-order valence-corrected chi connectivity index (χ1v) is 26.3. The van der Waals surface area contributed by atoms with E-state index in [1.807, 2.05) is 0 Å². The Hall–Kier alpha value is -2.89. The SMILES string of the molecule is CCCCC/C=C\C/C=C\C/C=C\CCCCCCCCC(=O)OCC(COC(=O)CCCCCCCC)OC(=O)CCCCCCCCCCC/C=C\C/C=C\CCCCC. The molecule has 0 saturated heterocycles. The Morgan fingerprint density at radius 1 is 0.323 bits per heavy atom. The maximum Gasteiger partial charge on any atom is 0.306 e. The predicted molar refractivity (Wildman–Crippen MR) is 265 cm³/mol. The lowest BCUT2D eigenvalue weighted by Gasteiger charge is -2.18. The molecule has 6 heteroatoms. The molecule has 0 aromatic carbocycles. The van der Waals surface area contributed by atoms with Gasteiger partial charge in [0.1, 0.15) is 13.2 Å². The van der Waals surface area contributed by atoms with Gasteiger partial charge in [-0.2, -0.15) is 0 Å². The third-order valence-electron chi connectivity index (χ3n) is 11.2. The highest BCUT2D eigenvalue weighted by Gasteiger charge is 2.19. The van der Waals surface area contributed by atoms with Crippen molar-refractivity contribution in [2.24, 2.45) is 0 Å². The Balaban J connectivity index is 4.23. The van der Waals surface area contributed by atoms with Crippen LogP contribution in [0.3, 0.4) is 0 Å². The number of ether oxygens (including phenoxy) is 3. The summed E-state index contributed by atoms with van der Waals surface area (Å²) in [5.41, 5.74) is 0. The van der Waals surface area contributed by atoms with Crippen LogP contribution in [-0.4, -0.2) is 37.2 Å². The highest BCUT2D eigenvalue weighted by atomic mass is 16.6. The number of carbonyl (C=O) groups is 3. The lowest BCUT2D eigenvalue weighted by Crippen LogP contribution is -2.30. The molecule has 62 heavy (non-hydrogen) atoms. The highest BCUT2D eigenvalue weighted by molar-refractivity contribution is 5.71. The molecule has 0 bridgehead atoms. The largest absolute Gasteiger partial charge is 0.462 e. The van der Waals surface area contributed by atoms with E-state index in [-0.39, 0.29) is 31.1 Å². The van der Waals surface area contributed by atoms with Crippen LogP contribution in [0.1, 0.15) is 258 Å². The molecule has 6 nitrogen and oxygen atoms in total. The molecule has 0 aromatic heterocycles. The van der Waals surface area contributed by atoms with Gasteiger partial charge < -0.3 is 14.2 Å². The summed E-state index contributed by atoms with van der Waals surface area (Å²) in [6.45, 7) is 6.52. The first-order chi connectivity index (χ1) is 30.5. The summed E-state index contributed by atoms with van der Waals surface area (Å²) < 4.78 is 16.7. The first kappa shape index (κ1) is 59.1. The summed E-state index contributed by atoms with van der Waals surface area (Å²) in [5.74, 6) is -0.903. The van der Waals surface area contributed by atoms with Gasteiger partial charge in [0.25, 0.3) is 0 Å². The molecule has 0 fully saturated rings. The monoisotopic (exact) mass is 867 g/mol. The Labute approximate surface area is 383 Å². The number of carbonyl (C=O) groups excluding carboxylic acids is 3. The molecule has 0 rings (SSSR count). The van der Waals surface area contributed by atoms with E-state index in [0.29, 0.717) is 19.3 Å². The van der Waals surface area contributed by atoms with E-state index in [1.54, 1.807) is 0 Å². The van der Waals surface area contributed by atoms with Crippen LogP contribution < -0.4 is 0 Å². The number of hydrogen-bond acceptors (Lipinski definition) is 6. The fourth-order valence-corrected chi connectivity index (χ4v) is 7.24. The second-order valence-electron chi connectivity index (χ2n) is 17.4. The molecular formula is C56H98O6. The number of allylic oxidation sites excluding steroid dienone is 10. The van der Waals surface area contributed by atoms with Gasteiger partial charge in [-0.05, 0) is 89.9 Å². The number of hydrogen-bond donors (Lipinski definition) is 0. The van der Waals surface area contributed by atoms with Crippen LogP contribution in [0.4, 0.5) is 0 Å². The molecule has 1 unspecified atom stereocenters. The highest BCUT2D eigenvalue weighted by Crippen LogP contribution is 2.14. The molecule has 0 spiro atoms. The summed E-state index contributed by atoms with van der Waals surface area (Å²) in [4.78, 5) is 37.8. The molecule has 0 amide bonds. The van der Waals surface area contributed by atoms with Crippen LogP contribution in [0.15, 0.2) is 60.8 Å². The Morgan fingerprint density at radius 2 is 0.581 bits per heavy atom. The molecular weight excluding hydrogens is 769 g/mol. The van der Waals surface area contributed by atoms with Gasteiger partial charge in [-0.25, -0.2) is 0 Å². The van der Waals surface area contributed by atoms with Crippen LogP contribution in [-0.2, 0) is 28.6 Å². The second-order valence-corrected chi connectivity index (χ2v) is 17.4. The van der Waals surface area contributed by atoms with Crippen molar-refractivity contribution in [1.82, 2.24) is 0 Å². The van der Waals surface area contributed by atoms with Gasteiger partial charge >= 0.3 is 17.9 Å². The summed E-state index contributed by atoms with van der Waals surface area (Å²) in [7, 11) is 0. The molecule has 0 heterocycles. The lowest BCUT2D eigenvalue weighted by atomic mass is 10.1. The summed E-state index contributed by atoms with van der Waals surface area (Å²) in [6.07, 6.45) is 62.2. The Kier molecular flexibility index (Phi) is 48.4. The molecule has 0 aliphatic rings. The van der Waals surface area contributed by atoms with Gasteiger partial charge in [0, 0.05) is 19.3 Å². The van der Waals surface area contributed by atoms with E-state index in [0.717, 1.165) is 83.5 Å². The van der Waals surface area contributed by atoms with E-state index in [1.165, 1.54) is 135 Å². The average Bonchev–Trinajstić information content (AvgIpc) is 3.27. The van der Waals surface area contributed by atoms with Gasteiger partial charge in [0.15, 0.2) is 6.10 Å². The minimum absolute atomic E-state index is 0.0801. The zero-order valence-electron chi connectivity index (χ0n) is 40.9. The van der Waals surface area contributed by atoms with Gasteiger partial charge in [-0.15, -0.1) is 0 Å². The van der Waals surface area contributed by atoms with Gasteiger partial charge in [0.05, 0.1) is 0 Å². The quantitative estimate of drug-likeness (QED) is 0.0262. The molecule has 0 aliphatic carbocycles. The van der Waals surface area contributed by atoms with Crippen LogP contribution in [0.5, 0.6) is 0 Å². The van der Waals surface area contributed by atoms with Crippen molar-refractivity contribution in [2.45, 2.75) is 264 Å². The third kappa shape index (κ3) is 48.1. The molecule has 0 N–H and O–H groups in total. The van der Waals surface area contributed by atoms with Crippen molar-refractivity contribution in [3.8, 4) is 0 Å². The molecule has 0 saturated carbocycles. The molecule has 1 atom stereocenters. The third-order valence-corrected chi connectivity index (χ3v) is 11.2. The Morgan fingerprint density at radius 3 is 0.935 bits per heavy atom. The standard InChI is InChI=1S/C56H98O6/c1-4-7-10-13-16-18-20-22-24-26-28-30-32-34-36-38-40-43-46-49-55(58)61-52-53(51-60-54(57)48-45-42-15-12-9-6-3)62-56(59)50-47-44-41-39-37-35-33-31-29-27-25-23-21-19-17-14-11-8-5-2/h16-19,22-25,28,30,53H,4-15,20-21,26-27,29,31-52H2,1-3H3/b18-16-,19-17-,24-22-,25-23-,30-28-.